The first-order valence-electron chi connectivity index (χ1n) is 9.39. The maximum Gasteiger partial charge on any atom is 0.231 e. The first-order valence-corrected chi connectivity index (χ1v) is 9.39. The molecule has 0 N–H and O–H groups in total. The minimum Gasteiger partial charge on any atom is -0.481 e. The van der Waals surface area contributed by atoms with Crippen molar-refractivity contribution in [1.29, 1.82) is 0 Å². The van der Waals surface area contributed by atoms with E-state index in [9.17, 15) is 0 Å². The fraction of sp³-hybridized carbons (Fsp3) is 0.400. The number of imidazole rings is 1. The second-order valence-electron chi connectivity index (χ2n) is 6.75. The molecule has 0 bridgehead atoms. The molecule has 3 aromatic heterocycles. The maximum atomic E-state index is 5.26. The van der Waals surface area contributed by atoms with Gasteiger partial charge < -0.3 is 18.9 Å². The highest BCUT2D eigenvalue weighted by molar-refractivity contribution is 5.37. The van der Waals surface area contributed by atoms with Crippen LogP contribution in [0.3, 0.4) is 0 Å². The average Bonchev–Trinajstić information content (AvgIpc) is 3.22. The fourth-order valence-corrected chi connectivity index (χ4v) is 3.56. The minimum atomic E-state index is 0.405. The smallest absolute Gasteiger partial charge is 0.231 e. The average molecular weight is 380 g/mol. The van der Waals surface area contributed by atoms with Crippen molar-refractivity contribution in [2.75, 3.05) is 32.2 Å². The van der Waals surface area contributed by atoms with Crippen molar-refractivity contribution >= 4 is 5.95 Å². The number of aromatic nitrogens is 5. The van der Waals surface area contributed by atoms with E-state index in [2.05, 4.69) is 29.4 Å². The molecule has 0 radical (unpaired) electrons. The van der Waals surface area contributed by atoms with E-state index in [0.717, 1.165) is 44.0 Å². The predicted molar refractivity (Wildman–Crippen MR) is 105 cm³/mol. The van der Waals surface area contributed by atoms with E-state index in [1.165, 1.54) is 0 Å². The van der Waals surface area contributed by atoms with Crippen LogP contribution in [0.1, 0.15) is 30.3 Å². The molecule has 0 unspecified atom stereocenters. The van der Waals surface area contributed by atoms with Crippen LogP contribution < -0.4 is 14.4 Å². The van der Waals surface area contributed by atoms with Crippen LogP contribution in [0.15, 0.2) is 42.9 Å². The molecule has 28 heavy (non-hydrogen) atoms. The molecular weight excluding hydrogens is 356 g/mol. The summed E-state index contributed by atoms with van der Waals surface area (Å²) in [5, 5.41) is 0. The van der Waals surface area contributed by atoms with Gasteiger partial charge in [-0.2, -0.15) is 9.97 Å². The van der Waals surface area contributed by atoms with E-state index in [0.29, 0.717) is 23.6 Å². The Balaban J connectivity index is 1.45. The molecule has 1 saturated heterocycles. The van der Waals surface area contributed by atoms with E-state index >= 15 is 0 Å². The monoisotopic (exact) mass is 380 g/mol. The van der Waals surface area contributed by atoms with Gasteiger partial charge in [-0.15, -0.1) is 0 Å². The molecule has 8 nitrogen and oxygen atoms in total. The van der Waals surface area contributed by atoms with Crippen molar-refractivity contribution in [3.63, 3.8) is 0 Å². The lowest BCUT2D eigenvalue weighted by molar-refractivity contribution is 0.369. The predicted octanol–water partition coefficient (Wildman–Crippen LogP) is 2.52. The number of pyridine rings is 1. The van der Waals surface area contributed by atoms with Gasteiger partial charge in [0.05, 0.1) is 32.5 Å². The number of anilines is 1. The largest absolute Gasteiger partial charge is 0.481 e. The summed E-state index contributed by atoms with van der Waals surface area (Å²) in [6.45, 7) is 2.46. The second kappa shape index (κ2) is 8.24. The van der Waals surface area contributed by atoms with Crippen molar-refractivity contribution in [2.45, 2.75) is 25.3 Å². The molecule has 1 fully saturated rings. The number of methoxy groups -OCH3 is 2. The molecule has 4 heterocycles. The molecule has 3 aromatic rings. The van der Waals surface area contributed by atoms with Crippen LogP contribution in [-0.2, 0) is 6.54 Å². The van der Waals surface area contributed by atoms with Crippen LogP contribution in [0.25, 0.3) is 0 Å². The topological polar surface area (TPSA) is 78.2 Å². The van der Waals surface area contributed by atoms with Crippen molar-refractivity contribution in [1.82, 2.24) is 24.5 Å². The van der Waals surface area contributed by atoms with Gasteiger partial charge in [0.15, 0.2) is 0 Å². The van der Waals surface area contributed by atoms with Crippen LogP contribution in [0, 0.1) is 0 Å². The van der Waals surface area contributed by atoms with Crippen molar-refractivity contribution in [3.8, 4) is 11.8 Å². The first-order chi connectivity index (χ1) is 13.8. The zero-order valence-corrected chi connectivity index (χ0v) is 16.2. The molecule has 0 aliphatic carbocycles. The van der Waals surface area contributed by atoms with Gasteiger partial charge in [-0.1, -0.05) is 6.07 Å². The van der Waals surface area contributed by atoms with Gasteiger partial charge in [-0.25, -0.2) is 4.98 Å². The summed E-state index contributed by atoms with van der Waals surface area (Å²) in [4.78, 5) is 20.2. The Hall–Kier alpha value is -3.16. The number of ether oxygens (including phenoxy) is 2. The van der Waals surface area contributed by atoms with Gasteiger partial charge in [0, 0.05) is 37.6 Å². The minimum absolute atomic E-state index is 0.405. The van der Waals surface area contributed by atoms with Gasteiger partial charge >= 0.3 is 0 Å². The summed E-state index contributed by atoms with van der Waals surface area (Å²) < 4.78 is 12.7. The van der Waals surface area contributed by atoms with Crippen LogP contribution in [0.5, 0.6) is 11.8 Å². The quantitative estimate of drug-likeness (QED) is 0.650. The molecule has 8 heteroatoms. The summed E-state index contributed by atoms with van der Waals surface area (Å²) >= 11 is 0. The van der Waals surface area contributed by atoms with Crippen LogP contribution >= 0.6 is 0 Å². The standard InChI is InChI=1S/C20H24N6O2/c1-27-17-13-18(28-2)24-20(23-17)25-10-6-15(7-11-25)19-22-9-12-26(19)14-16-5-3-4-8-21-16/h3-5,8-9,12-13,15H,6-7,10-11,14H2,1-2H3. The molecule has 0 aromatic carbocycles. The highest BCUT2D eigenvalue weighted by Crippen LogP contribution is 2.30. The molecule has 1 aliphatic heterocycles. The first kappa shape index (κ1) is 18.2. The number of nitrogens with zero attached hydrogens (tertiary/aromatic N) is 6. The second-order valence-corrected chi connectivity index (χ2v) is 6.75. The molecular formula is C20H24N6O2. The van der Waals surface area contributed by atoms with Gasteiger partial charge in [0.25, 0.3) is 0 Å². The summed E-state index contributed by atoms with van der Waals surface area (Å²) in [5.41, 5.74) is 1.04. The summed E-state index contributed by atoms with van der Waals surface area (Å²) in [6.07, 6.45) is 7.71. The Morgan fingerprint density at radius 1 is 1.00 bits per heavy atom. The lowest BCUT2D eigenvalue weighted by Gasteiger charge is -2.32. The molecule has 1 aliphatic rings. The number of hydrogen-bond acceptors (Lipinski definition) is 7. The lowest BCUT2D eigenvalue weighted by atomic mass is 9.96. The normalized spacial score (nSPS) is 14.9. The van der Waals surface area contributed by atoms with Crippen LogP contribution in [0.4, 0.5) is 5.95 Å². The highest BCUT2D eigenvalue weighted by atomic mass is 16.5. The zero-order chi connectivity index (χ0) is 19.3. The molecule has 4 rings (SSSR count). The van der Waals surface area contributed by atoms with Crippen LogP contribution in [-0.4, -0.2) is 51.8 Å². The van der Waals surface area contributed by atoms with Crippen molar-refractivity contribution in [3.05, 3.63) is 54.4 Å². The molecule has 0 spiro atoms. The van der Waals surface area contributed by atoms with Gasteiger partial charge in [0.2, 0.25) is 17.7 Å². The highest BCUT2D eigenvalue weighted by Gasteiger charge is 2.26. The van der Waals surface area contributed by atoms with Gasteiger partial charge in [-0.05, 0) is 25.0 Å². The molecule has 0 saturated carbocycles. The van der Waals surface area contributed by atoms with Crippen LogP contribution in [0.2, 0.25) is 0 Å². The zero-order valence-electron chi connectivity index (χ0n) is 16.2. The van der Waals surface area contributed by atoms with E-state index in [-0.39, 0.29) is 0 Å². The van der Waals surface area contributed by atoms with Crippen molar-refractivity contribution < 1.29 is 9.47 Å². The maximum absolute atomic E-state index is 5.26. The lowest BCUT2D eigenvalue weighted by Crippen LogP contribution is -2.35. The summed E-state index contributed by atoms with van der Waals surface area (Å²) in [5.74, 6) is 3.19. The SMILES string of the molecule is COc1cc(OC)nc(N2CCC(c3nccn3Cc3ccccn3)CC2)n1. The Morgan fingerprint density at radius 2 is 1.75 bits per heavy atom. The third-order valence-electron chi connectivity index (χ3n) is 5.03. The third kappa shape index (κ3) is 3.90. The number of hydrogen-bond donors (Lipinski definition) is 0. The van der Waals surface area contributed by atoms with E-state index < -0.39 is 0 Å². The van der Waals surface area contributed by atoms with Crippen molar-refractivity contribution in [2.24, 2.45) is 0 Å². The Morgan fingerprint density at radius 3 is 2.39 bits per heavy atom. The number of piperidine rings is 1. The molecule has 0 atom stereocenters. The Kier molecular flexibility index (Phi) is 5.36. The Labute approximate surface area is 164 Å². The van der Waals surface area contributed by atoms with Gasteiger partial charge in [-0.3, -0.25) is 4.98 Å². The van der Waals surface area contributed by atoms with E-state index in [1.54, 1.807) is 20.3 Å². The van der Waals surface area contributed by atoms with E-state index in [4.69, 9.17) is 9.47 Å². The Bertz CT molecular complexity index is 884. The molecule has 0 amide bonds. The molecule has 146 valence electrons. The van der Waals surface area contributed by atoms with E-state index in [1.807, 2.05) is 36.8 Å². The van der Waals surface area contributed by atoms with Gasteiger partial charge in [0.1, 0.15) is 5.82 Å². The number of rotatable bonds is 6. The fourth-order valence-electron chi connectivity index (χ4n) is 3.56. The summed E-state index contributed by atoms with van der Waals surface area (Å²) in [6, 6.07) is 7.67. The third-order valence-corrected chi connectivity index (χ3v) is 5.03. The summed E-state index contributed by atoms with van der Waals surface area (Å²) in [7, 11) is 3.19.